The Bertz CT molecular complexity index is 340. The first-order chi connectivity index (χ1) is 10.5. The molecule has 4 heteroatoms. The lowest BCUT2D eigenvalue weighted by atomic mass is 9.90. The Morgan fingerprint density at radius 3 is 2.18 bits per heavy atom. The largest absolute Gasteiger partial charge is 0.466 e. The van der Waals surface area contributed by atoms with Crippen LogP contribution < -0.4 is 0 Å². The van der Waals surface area contributed by atoms with Crippen molar-refractivity contribution in [3.05, 3.63) is 0 Å². The highest BCUT2D eigenvalue weighted by atomic mass is 32.1. The van der Waals surface area contributed by atoms with Gasteiger partial charge in [-0.25, -0.2) is 0 Å². The lowest BCUT2D eigenvalue weighted by molar-refractivity contribution is -0.143. The van der Waals surface area contributed by atoms with Crippen LogP contribution in [0.2, 0.25) is 0 Å². The van der Waals surface area contributed by atoms with Crippen molar-refractivity contribution in [3.8, 4) is 0 Å². The van der Waals surface area contributed by atoms with Crippen LogP contribution in [0.4, 0.5) is 0 Å². The van der Waals surface area contributed by atoms with Crippen molar-refractivity contribution in [1.82, 2.24) is 0 Å². The zero-order valence-corrected chi connectivity index (χ0v) is 16.1. The minimum atomic E-state index is -0.0840. The van der Waals surface area contributed by atoms with E-state index in [1.165, 1.54) is 9.73 Å². The standard InChI is InChI=1S/C18H32O2S2/c1-4-9-16(21)14-13-15(17(22)10-5-2)11-7-8-12-18(19)20-6-3/h15H,4-14H2,1-3H3. The zero-order chi connectivity index (χ0) is 16.8. The smallest absolute Gasteiger partial charge is 0.305 e. The highest BCUT2D eigenvalue weighted by Gasteiger charge is 2.15. The van der Waals surface area contributed by atoms with Crippen molar-refractivity contribution in [3.63, 3.8) is 0 Å². The second-order valence-corrected chi connectivity index (χ2v) is 6.89. The molecule has 0 N–H and O–H groups in total. The van der Waals surface area contributed by atoms with Gasteiger partial charge in [0.25, 0.3) is 0 Å². The Balaban J connectivity index is 4.15. The Morgan fingerprint density at radius 1 is 0.909 bits per heavy atom. The molecule has 22 heavy (non-hydrogen) atoms. The molecule has 0 spiro atoms. The first-order valence-corrected chi connectivity index (χ1v) is 9.56. The SMILES string of the molecule is CCCC(=S)CCC(CCCCC(=O)OCC)C(=S)CCC. The van der Waals surface area contributed by atoms with Gasteiger partial charge in [-0.1, -0.05) is 57.5 Å². The molecular formula is C18H32O2S2. The number of hydrogen-bond acceptors (Lipinski definition) is 4. The first-order valence-electron chi connectivity index (χ1n) is 8.75. The molecule has 2 nitrogen and oxygen atoms in total. The van der Waals surface area contributed by atoms with Crippen molar-refractivity contribution in [2.24, 2.45) is 5.92 Å². The van der Waals surface area contributed by atoms with Crippen LogP contribution >= 0.6 is 24.4 Å². The van der Waals surface area contributed by atoms with Gasteiger partial charge >= 0.3 is 5.97 Å². The van der Waals surface area contributed by atoms with E-state index in [9.17, 15) is 4.79 Å². The van der Waals surface area contributed by atoms with Gasteiger partial charge in [0.15, 0.2) is 0 Å². The summed E-state index contributed by atoms with van der Waals surface area (Å²) in [6, 6.07) is 0. The number of carbonyl (C=O) groups is 1. The minimum Gasteiger partial charge on any atom is -0.466 e. The van der Waals surface area contributed by atoms with E-state index in [-0.39, 0.29) is 5.97 Å². The molecule has 0 aliphatic rings. The summed E-state index contributed by atoms with van der Waals surface area (Å²) in [5.41, 5.74) is 0. The molecule has 0 saturated carbocycles. The van der Waals surface area contributed by atoms with E-state index in [0.717, 1.165) is 57.8 Å². The molecule has 1 atom stereocenters. The van der Waals surface area contributed by atoms with E-state index in [0.29, 0.717) is 18.9 Å². The number of hydrogen-bond donors (Lipinski definition) is 0. The van der Waals surface area contributed by atoms with Crippen molar-refractivity contribution in [2.45, 2.75) is 85.0 Å². The van der Waals surface area contributed by atoms with E-state index in [2.05, 4.69) is 13.8 Å². The van der Waals surface area contributed by atoms with Crippen molar-refractivity contribution >= 4 is 40.1 Å². The van der Waals surface area contributed by atoms with Crippen molar-refractivity contribution in [2.75, 3.05) is 6.61 Å². The normalized spacial score (nSPS) is 12.0. The Labute approximate surface area is 147 Å². The maximum Gasteiger partial charge on any atom is 0.305 e. The van der Waals surface area contributed by atoms with Crippen LogP contribution in [0.25, 0.3) is 0 Å². The lowest BCUT2D eigenvalue weighted by Gasteiger charge is -2.18. The number of rotatable bonds is 14. The summed E-state index contributed by atoms with van der Waals surface area (Å²) in [6.07, 6.45) is 9.93. The molecule has 0 heterocycles. The van der Waals surface area contributed by atoms with Crippen LogP contribution in [-0.4, -0.2) is 22.3 Å². The summed E-state index contributed by atoms with van der Waals surface area (Å²) in [4.78, 5) is 13.7. The third kappa shape index (κ3) is 11.2. The van der Waals surface area contributed by atoms with E-state index in [4.69, 9.17) is 29.2 Å². The maximum atomic E-state index is 11.3. The Kier molecular flexibility index (Phi) is 14.0. The number of thiocarbonyl (C=S) groups is 2. The summed E-state index contributed by atoms with van der Waals surface area (Å²) >= 11 is 11.0. The van der Waals surface area contributed by atoms with Gasteiger partial charge in [-0.2, -0.15) is 0 Å². The van der Waals surface area contributed by atoms with Gasteiger partial charge in [-0.15, -0.1) is 0 Å². The second kappa shape index (κ2) is 14.3. The summed E-state index contributed by atoms with van der Waals surface area (Å²) in [7, 11) is 0. The maximum absolute atomic E-state index is 11.3. The molecule has 0 aliphatic heterocycles. The van der Waals surface area contributed by atoms with Gasteiger partial charge in [0.2, 0.25) is 0 Å². The molecule has 0 amide bonds. The van der Waals surface area contributed by atoms with Crippen LogP contribution in [0.1, 0.15) is 85.0 Å². The molecule has 0 saturated heterocycles. The lowest BCUT2D eigenvalue weighted by Crippen LogP contribution is -2.14. The number of carbonyl (C=O) groups excluding carboxylic acids is 1. The molecule has 0 rings (SSSR count). The molecule has 0 aromatic carbocycles. The van der Waals surface area contributed by atoms with Gasteiger partial charge in [0.1, 0.15) is 0 Å². The van der Waals surface area contributed by atoms with Gasteiger partial charge in [0, 0.05) is 6.42 Å². The van der Waals surface area contributed by atoms with Crippen LogP contribution in [0.3, 0.4) is 0 Å². The molecular weight excluding hydrogens is 312 g/mol. The Morgan fingerprint density at radius 2 is 1.59 bits per heavy atom. The van der Waals surface area contributed by atoms with Crippen molar-refractivity contribution < 1.29 is 9.53 Å². The molecule has 0 aliphatic carbocycles. The first kappa shape index (κ1) is 21.6. The zero-order valence-electron chi connectivity index (χ0n) is 14.5. The molecule has 128 valence electrons. The molecule has 0 fully saturated rings. The van der Waals surface area contributed by atoms with E-state index >= 15 is 0 Å². The number of ether oxygens (including phenoxy) is 1. The van der Waals surface area contributed by atoms with Crippen LogP contribution in [-0.2, 0) is 9.53 Å². The summed E-state index contributed by atoms with van der Waals surface area (Å²) in [6.45, 7) is 6.65. The van der Waals surface area contributed by atoms with Crippen LogP contribution in [0.5, 0.6) is 0 Å². The number of esters is 1. The summed E-state index contributed by atoms with van der Waals surface area (Å²) < 4.78 is 4.96. The molecule has 0 aromatic rings. The average Bonchev–Trinajstić information content (AvgIpc) is 2.47. The fraction of sp³-hybridized carbons (Fsp3) is 0.833. The minimum absolute atomic E-state index is 0.0840. The van der Waals surface area contributed by atoms with E-state index in [1.807, 2.05) is 6.92 Å². The quantitative estimate of drug-likeness (QED) is 0.224. The third-order valence-electron chi connectivity index (χ3n) is 3.74. The van der Waals surface area contributed by atoms with Gasteiger partial charge in [-0.3, -0.25) is 4.79 Å². The van der Waals surface area contributed by atoms with Crippen molar-refractivity contribution in [1.29, 1.82) is 0 Å². The fourth-order valence-electron chi connectivity index (χ4n) is 2.55. The molecule has 0 aromatic heterocycles. The fourth-order valence-corrected chi connectivity index (χ4v) is 3.31. The molecule has 0 radical (unpaired) electrons. The Hall–Kier alpha value is -0.350. The highest BCUT2D eigenvalue weighted by Crippen LogP contribution is 2.21. The molecule has 1 unspecified atom stereocenters. The monoisotopic (exact) mass is 344 g/mol. The second-order valence-electron chi connectivity index (χ2n) is 5.79. The predicted octanol–water partition coefficient (Wildman–Crippen LogP) is 5.85. The van der Waals surface area contributed by atoms with Gasteiger partial charge in [0.05, 0.1) is 6.61 Å². The summed E-state index contributed by atoms with van der Waals surface area (Å²) in [5.74, 6) is 0.395. The van der Waals surface area contributed by atoms with E-state index in [1.54, 1.807) is 0 Å². The van der Waals surface area contributed by atoms with Gasteiger partial charge < -0.3 is 4.74 Å². The van der Waals surface area contributed by atoms with Gasteiger partial charge in [-0.05, 0) is 61.1 Å². The average molecular weight is 345 g/mol. The topological polar surface area (TPSA) is 26.3 Å². The van der Waals surface area contributed by atoms with E-state index < -0.39 is 0 Å². The molecule has 0 bridgehead atoms. The predicted molar refractivity (Wildman–Crippen MR) is 103 cm³/mol. The third-order valence-corrected chi connectivity index (χ3v) is 4.69. The summed E-state index contributed by atoms with van der Waals surface area (Å²) in [5, 5.41) is 0. The van der Waals surface area contributed by atoms with Crippen LogP contribution in [0, 0.1) is 5.92 Å². The number of unbranched alkanes of at least 4 members (excludes halogenated alkanes) is 1. The highest BCUT2D eigenvalue weighted by molar-refractivity contribution is 7.80. The van der Waals surface area contributed by atoms with Crippen LogP contribution in [0.15, 0.2) is 0 Å².